The fourth-order valence-electron chi connectivity index (χ4n) is 3.88. The van der Waals surface area contributed by atoms with Crippen molar-refractivity contribution in [2.75, 3.05) is 5.32 Å². The van der Waals surface area contributed by atoms with Crippen molar-refractivity contribution in [2.24, 2.45) is 0 Å². The van der Waals surface area contributed by atoms with Crippen molar-refractivity contribution >= 4 is 63.2 Å². The van der Waals surface area contributed by atoms with Crippen molar-refractivity contribution in [1.29, 1.82) is 0 Å². The Hall–Kier alpha value is -3.65. The Morgan fingerprint density at radius 2 is 1.70 bits per heavy atom. The minimum atomic E-state index is -0.484. The maximum Gasteiger partial charge on any atom is 0.293 e. The molecule has 5 rings (SSSR count). The number of rotatable bonds is 4. The molecular weight excluding hydrogens is 529 g/mol. The van der Waals surface area contributed by atoms with Crippen molar-refractivity contribution in [1.82, 2.24) is 10.3 Å². The zero-order chi connectivity index (χ0) is 26.3. The van der Waals surface area contributed by atoms with Crippen LogP contribution in [-0.4, -0.2) is 16.0 Å². The Morgan fingerprint density at radius 3 is 2.49 bits per heavy atom. The van der Waals surface area contributed by atoms with Gasteiger partial charge in [0.25, 0.3) is 5.91 Å². The third-order valence-corrected chi connectivity index (χ3v) is 7.02. The zero-order valence-corrected chi connectivity index (χ0v) is 22.4. The molecule has 0 atom stereocenters. The number of aromatic nitrogens is 1. The summed E-state index contributed by atoms with van der Waals surface area (Å²) in [6.45, 7) is 6.02. The van der Waals surface area contributed by atoms with Gasteiger partial charge in [0.15, 0.2) is 16.5 Å². The SMILES string of the molecule is Cc1cc2nc(-c3cccc(NC(=S)NC(=O)c4ccc(-c5ccc(Cl)c(Cl)c5)o4)c3C)oc2cc1C. The van der Waals surface area contributed by atoms with Crippen LogP contribution in [0.3, 0.4) is 0 Å². The third-order valence-electron chi connectivity index (χ3n) is 6.08. The number of thiocarbonyl (C=S) groups is 1. The first-order chi connectivity index (χ1) is 17.7. The Balaban J connectivity index is 1.31. The lowest BCUT2D eigenvalue weighted by molar-refractivity contribution is 0.0951. The summed E-state index contributed by atoms with van der Waals surface area (Å²) in [5.74, 6) is 0.617. The van der Waals surface area contributed by atoms with Gasteiger partial charge in [-0.15, -0.1) is 0 Å². The molecule has 186 valence electrons. The van der Waals surface area contributed by atoms with Gasteiger partial charge in [0, 0.05) is 16.8 Å². The molecule has 0 aliphatic heterocycles. The molecule has 0 saturated carbocycles. The molecule has 9 heteroatoms. The van der Waals surface area contributed by atoms with Gasteiger partial charge in [0.2, 0.25) is 5.89 Å². The van der Waals surface area contributed by atoms with E-state index in [0.29, 0.717) is 32.9 Å². The highest BCUT2D eigenvalue weighted by Crippen LogP contribution is 2.32. The number of benzene rings is 3. The van der Waals surface area contributed by atoms with Crippen molar-refractivity contribution < 1.29 is 13.6 Å². The molecule has 0 aliphatic rings. The fraction of sp³-hybridized carbons (Fsp3) is 0.107. The molecule has 1 amide bonds. The third kappa shape index (κ3) is 5.11. The molecular formula is C28H21Cl2N3O3S. The summed E-state index contributed by atoms with van der Waals surface area (Å²) in [5, 5.41) is 6.69. The predicted octanol–water partition coefficient (Wildman–Crippen LogP) is 8.11. The number of furan rings is 1. The fourth-order valence-corrected chi connectivity index (χ4v) is 4.38. The first-order valence-electron chi connectivity index (χ1n) is 11.3. The summed E-state index contributed by atoms with van der Waals surface area (Å²) in [7, 11) is 0. The van der Waals surface area contributed by atoms with Gasteiger partial charge in [0.1, 0.15) is 11.3 Å². The standard InChI is InChI=1S/C28H21Cl2N3O3S/c1-14-11-22-25(12-15(14)2)36-27(31-22)18-5-4-6-21(16(18)3)32-28(37)33-26(34)24-10-9-23(35-24)17-7-8-19(29)20(30)13-17/h4-13H,1-3H3,(H2,32,33,34,37). The molecule has 2 aromatic heterocycles. The van der Waals surface area contributed by atoms with Crippen LogP contribution in [-0.2, 0) is 0 Å². The number of nitrogens with one attached hydrogen (secondary N) is 2. The first kappa shape index (κ1) is 25.0. The Kier molecular flexibility index (Phi) is 6.77. The Morgan fingerprint density at radius 1 is 0.919 bits per heavy atom. The highest BCUT2D eigenvalue weighted by molar-refractivity contribution is 7.80. The number of oxazole rings is 1. The van der Waals surface area contributed by atoms with Crippen LogP contribution >= 0.6 is 35.4 Å². The highest BCUT2D eigenvalue weighted by atomic mass is 35.5. The van der Waals surface area contributed by atoms with Crippen LogP contribution in [0.25, 0.3) is 33.9 Å². The van der Waals surface area contributed by atoms with Crippen LogP contribution in [0.4, 0.5) is 5.69 Å². The van der Waals surface area contributed by atoms with Gasteiger partial charge in [-0.1, -0.05) is 29.3 Å². The number of hydrogen-bond donors (Lipinski definition) is 2. The maximum absolute atomic E-state index is 12.7. The normalized spacial score (nSPS) is 11.1. The summed E-state index contributed by atoms with van der Waals surface area (Å²) >= 11 is 17.5. The number of hydrogen-bond acceptors (Lipinski definition) is 5. The van der Waals surface area contributed by atoms with Gasteiger partial charge in [-0.25, -0.2) is 4.98 Å². The molecule has 0 radical (unpaired) electrons. The molecule has 37 heavy (non-hydrogen) atoms. The average Bonchev–Trinajstić information content (AvgIpc) is 3.50. The molecule has 2 N–H and O–H groups in total. The highest BCUT2D eigenvalue weighted by Gasteiger charge is 2.17. The summed E-state index contributed by atoms with van der Waals surface area (Å²) in [6.07, 6.45) is 0. The number of aryl methyl sites for hydroxylation is 2. The van der Waals surface area contributed by atoms with E-state index in [4.69, 9.17) is 44.3 Å². The van der Waals surface area contributed by atoms with Gasteiger partial charge in [-0.2, -0.15) is 0 Å². The second-order valence-electron chi connectivity index (χ2n) is 8.60. The molecule has 6 nitrogen and oxygen atoms in total. The van der Waals surface area contributed by atoms with Crippen LogP contribution in [0, 0.1) is 20.8 Å². The van der Waals surface area contributed by atoms with Crippen molar-refractivity contribution in [3.05, 3.63) is 93.2 Å². The predicted molar refractivity (Wildman–Crippen MR) is 152 cm³/mol. The van der Waals surface area contributed by atoms with E-state index in [1.807, 2.05) is 51.1 Å². The molecule has 0 aliphatic carbocycles. The van der Waals surface area contributed by atoms with E-state index in [2.05, 4.69) is 15.6 Å². The number of halogens is 2. The van der Waals surface area contributed by atoms with E-state index in [9.17, 15) is 4.79 Å². The van der Waals surface area contributed by atoms with Gasteiger partial charge in [-0.3, -0.25) is 10.1 Å². The second kappa shape index (κ2) is 10.0. The van der Waals surface area contributed by atoms with Gasteiger partial charge in [-0.05, 0) is 104 Å². The van der Waals surface area contributed by atoms with Crippen LogP contribution in [0.2, 0.25) is 10.0 Å². The van der Waals surface area contributed by atoms with Gasteiger partial charge in [0.05, 0.1) is 10.0 Å². The van der Waals surface area contributed by atoms with E-state index in [1.165, 1.54) is 0 Å². The quantitative estimate of drug-likeness (QED) is 0.220. The lowest BCUT2D eigenvalue weighted by Gasteiger charge is -2.13. The summed E-state index contributed by atoms with van der Waals surface area (Å²) < 4.78 is 11.7. The molecule has 0 spiro atoms. The van der Waals surface area contributed by atoms with E-state index < -0.39 is 5.91 Å². The molecule has 0 saturated heterocycles. The lowest BCUT2D eigenvalue weighted by Crippen LogP contribution is -2.34. The van der Waals surface area contributed by atoms with E-state index >= 15 is 0 Å². The van der Waals surface area contributed by atoms with E-state index in [-0.39, 0.29) is 10.9 Å². The van der Waals surface area contributed by atoms with Gasteiger partial charge >= 0.3 is 0 Å². The van der Waals surface area contributed by atoms with Crippen LogP contribution in [0.15, 0.2) is 69.5 Å². The maximum atomic E-state index is 12.7. The Bertz CT molecular complexity index is 1650. The van der Waals surface area contributed by atoms with E-state index in [1.54, 1.807) is 30.3 Å². The smallest absolute Gasteiger partial charge is 0.293 e. The van der Waals surface area contributed by atoms with Crippen LogP contribution in [0.5, 0.6) is 0 Å². The number of carbonyl (C=O) groups is 1. The average molecular weight is 550 g/mol. The van der Waals surface area contributed by atoms with Crippen LogP contribution < -0.4 is 10.6 Å². The molecule has 5 aromatic rings. The number of anilines is 1. The summed E-state index contributed by atoms with van der Waals surface area (Å²) in [5.41, 5.74) is 6.95. The molecule has 3 aromatic carbocycles. The van der Waals surface area contributed by atoms with Crippen molar-refractivity contribution in [3.63, 3.8) is 0 Å². The molecule has 2 heterocycles. The van der Waals surface area contributed by atoms with Crippen molar-refractivity contribution in [2.45, 2.75) is 20.8 Å². The summed E-state index contributed by atoms with van der Waals surface area (Å²) in [6, 6.07) is 18.0. The number of carbonyl (C=O) groups excluding carboxylic acids is 1. The van der Waals surface area contributed by atoms with Gasteiger partial charge < -0.3 is 14.2 Å². The summed E-state index contributed by atoms with van der Waals surface area (Å²) in [4.78, 5) is 17.4. The minimum Gasteiger partial charge on any atom is -0.451 e. The van der Waals surface area contributed by atoms with Crippen LogP contribution in [0.1, 0.15) is 27.2 Å². The topological polar surface area (TPSA) is 80.3 Å². The lowest BCUT2D eigenvalue weighted by atomic mass is 10.1. The number of amides is 1. The largest absolute Gasteiger partial charge is 0.451 e. The first-order valence-corrected chi connectivity index (χ1v) is 12.5. The minimum absolute atomic E-state index is 0.104. The Labute approximate surface area is 228 Å². The zero-order valence-electron chi connectivity index (χ0n) is 20.1. The number of nitrogens with zero attached hydrogens (tertiary/aromatic N) is 1. The monoisotopic (exact) mass is 549 g/mol. The van der Waals surface area contributed by atoms with Crippen molar-refractivity contribution in [3.8, 4) is 22.8 Å². The number of fused-ring (bicyclic) bond motifs is 1. The molecule has 0 fully saturated rings. The molecule has 0 bridgehead atoms. The van der Waals surface area contributed by atoms with E-state index in [0.717, 1.165) is 33.4 Å². The second-order valence-corrected chi connectivity index (χ2v) is 9.83. The molecule has 0 unspecified atom stereocenters.